The Hall–Kier alpha value is -0.255. The molecule has 0 spiro atoms. The van der Waals surface area contributed by atoms with Crippen molar-refractivity contribution in [2.24, 2.45) is 23.2 Å². The Morgan fingerprint density at radius 3 is 2.59 bits per heavy atom. The van der Waals surface area contributed by atoms with E-state index in [1.165, 1.54) is 6.42 Å². The number of ether oxygens (including phenoxy) is 1. The Bertz CT molecular complexity index is 547. The smallest absolute Gasteiger partial charge is 0.460 e. The summed E-state index contributed by atoms with van der Waals surface area (Å²) in [6.45, 7) is 12.5. The van der Waals surface area contributed by atoms with Crippen LogP contribution in [0.1, 0.15) is 80.1 Å². The van der Waals surface area contributed by atoms with Gasteiger partial charge >= 0.3 is 13.1 Å². The summed E-state index contributed by atoms with van der Waals surface area (Å²) in [6, 6.07) is 0. The molecule has 4 aliphatic rings. The zero-order valence-electron chi connectivity index (χ0n) is 17.8. The Morgan fingerprint density at radius 1 is 1.26 bits per heavy atom. The second kappa shape index (κ2) is 7.87. The van der Waals surface area contributed by atoms with Crippen molar-refractivity contribution in [1.82, 2.24) is 0 Å². The maximum Gasteiger partial charge on any atom is 0.476 e. The molecule has 4 rings (SSSR count). The van der Waals surface area contributed by atoms with Crippen LogP contribution in [0.15, 0.2) is 0 Å². The summed E-state index contributed by atoms with van der Waals surface area (Å²) in [5, 5.41) is -0.121. The van der Waals surface area contributed by atoms with E-state index in [1.807, 2.05) is 20.8 Å². The summed E-state index contributed by atoms with van der Waals surface area (Å²) in [4.78, 5) is 11.9. The van der Waals surface area contributed by atoms with Gasteiger partial charge in [0.2, 0.25) is 0 Å². The Kier molecular flexibility index (Phi) is 6.26. The van der Waals surface area contributed by atoms with Crippen LogP contribution in [0.5, 0.6) is 0 Å². The molecule has 0 aromatic heterocycles. The van der Waals surface area contributed by atoms with E-state index >= 15 is 0 Å². The van der Waals surface area contributed by atoms with E-state index in [-0.39, 0.29) is 30.6 Å². The number of alkyl halides is 1. The second-order valence-electron chi connectivity index (χ2n) is 10.6. The molecule has 0 N–H and O–H groups in total. The van der Waals surface area contributed by atoms with Gasteiger partial charge in [-0.15, -0.1) is 11.6 Å². The summed E-state index contributed by atoms with van der Waals surface area (Å²) in [5.74, 6) is 1.56. The van der Waals surface area contributed by atoms with E-state index in [9.17, 15) is 4.79 Å². The van der Waals surface area contributed by atoms with Crippen LogP contribution >= 0.6 is 11.6 Å². The molecule has 3 aliphatic carbocycles. The number of halogens is 1. The third-order valence-electron chi connectivity index (χ3n) is 6.83. The van der Waals surface area contributed by atoms with Crippen LogP contribution in [-0.4, -0.2) is 36.2 Å². The number of hydrogen-bond donors (Lipinski definition) is 0. The van der Waals surface area contributed by atoms with Crippen molar-refractivity contribution in [3.05, 3.63) is 0 Å². The fourth-order valence-corrected chi connectivity index (χ4v) is 5.37. The first-order chi connectivity index (χ1) is 12.5. The molecule has 6 atom stereocenters. The molecule has 1 aliphatic heterocycles. The van der Waals surface area contributed by atoms with Gasteiger partial charge in [-0.05, 0) is 63.2 Å². The third kappa shape index (κ3) is 4.84. The van der Waals surface area contributed by atoms with Crippen molar-refractivity contribution in [2.45, 2.75) is 103 Å². The zero-order chi connectivity index (χ0) is 20.0. The molecule has 1 heterocycles. The molecule has 6 heteroatoms. The van der Waals surface area contributed by atoms with Gasteiger partial charge < -0.3 is 14.0 Å². The minimum absolute atomic E-state index is 0.120. The average Bonchev–Trinajstić information content (AvgIpc) is 2.96. The molecule has 4 fully saturated rings. The molecular formula is C21H36BClO4. The monoisotopic (exact) mass is 398 g/mol. The number of hydrogen-bond acceptors (Lipinski definition) is 4. The largest absolute Gasteiger partial charge is 0.476 e. The van der Waals surface area contributed by atoms with Crippen molar-refractivity contribution in [3.8, 4) is 0 Å². The van der Waals surface area contributed by atoms with Gasteiger partial charge in [0.05, 0.1) is 17.5 Å². The van der Waals surface area contributed by atoms with Gasteiger partial charge in [-0.1, -0.05) is 33.6 Å². The van der Waals surface area contributed by atoms with Crippen LogP contribution in [0.2, 0.25) is 0 Å². The molecule has 0 radical (unpaired) electrons. The summed E-state index contributed by atoms with van der Waals surface area (Å²) in [6.07, 6.45) is 6.08. The Morgan fingerprint density at radius 2 is 1.96 bits per heavy atom. The lowest BCUT2D eigenvalue weighted by Gasteiger charge is -2.60. The van der Waals surface area contributed by atoms with E-state index < -0.39 is 5.60 Å². The highest BCUT2D eigenvalue weighted by molar-refractivity contribution is 6.59. The lowest BCUT2D eigenvalue weighted by atomic mass is 9.47. The molecule has 0 aromatic carbocycles. The van der Waals surface area contributed by atoms with Crippen LogP contribution < -0.4 is 0 Å². The van der Waals surface area contributed by atoms with E-state index in [4.69, 9.17) is 25.6 Å². The van der Waals surface area contributed by atoms with Crippen molar-refractivity contribution in [1.29, 1.82) is 0 Å². The fraction of sp³-hybridized carbons (Fsp3) is 0.952. The van der Waals surface area contributed by atoms with Crippen molar-refractivity contribution in [2.75, 3.05) is 0 Å². The minimum atomic E-state index is -0.416. The van der Waals surface area contributed by atoms with Gasteiger partial charge in [-0.25, -0.2) is 0 Å². The topological polar surface area (TPSA) is 44.8 Å². The maximum atomic E-state index is 11.9. The van der Waals surface area contributed by atoms with Crippen LogP contribution in [-0.2, 0) is 18.8 Å². The highest BCUT2D eigenvalue weighted by Crippen LogP contribution is 2.61. The molecule has 27 heavy (non-hydrogen) atoms. The molecule has 0 amide bonds. The summed E-state index contributed by atoms with van der Waals surface area (Å²) in [7, 11) is -0.280. The summed E-state index contributed by atoms with van der Waals surface area (Å²) in [5.41, 5.74) is -0.0284. The predicted octanol–water partition coefficient (Wildman–Crippen LogP) is 5.01. The highest BCUT2D eigenvalue weighted by Gasteiger charge is 2.62. The first-order valence-corrected chi connectivity index (χ1v) is 11.1. The number of carbonyl (C=O) groups excluding carboxylic acids is 1. The van der Waals surface area contributed by atoms with E-state index in [0.717, 1.165) is 31.6 Å². The zero-order valence-corrected chi connectivity index (χ0v) is 18.6. The Labute approximate surface area is 170 Å². The lowest BCUT2D eigenvalue weighted by Crippen LogP contribution is -2.59. The second-order valence-corrected chi connectivity index (χ2v) is 11.1. The number of rotatable bonds is 7. The third-order valence-corrected chi connectivity index (χ3v) is 7.26. The van der Waals surface area contributed by atoms with Crippen molar-refractivity contribution < 1.29 is 18.8 Å². The molecule has 2 bridgehead atoms. The fourth-order valence-electron chi connectivity index (χ4n) is 5.10. The van der Waals surface area contributed by atoms with E-state index in [2.05, 4.69) is 20.8 Å². The van der Waals surface area contributed by atoms with Gasteiger partial charge in [-0.3, -0.25) is 4.79 Å². The first-order valence-electron chi connectivity index (χ1n) is 10.6. The van der Waals surface area contributed by atoms with E-state index in [0.29, 0.717) is 23.7 Å². The molecule has 3 saturated carbocycles. The number of carbonyl (C=O) groups is 1. The average molecular weight is 399 g/mol. The molecule has 1 saturated heterocycles. The van der Waals surface area contributed by atoms with Crippen LogP contribution in [0.4, 0.5) is 0 Å². The quantitative estimate of drug-likeness (QED) is 0.343. The van der Waals surface area contributed by atoms with Gasteiger partial charge in [0.25, 0.3) is 0 Å². The highest BCUT2D eigenvalue weighted by atomic mass is 35.5. The van der Waals surface area contributed by atoms with E-state index in [1.54, 1.807) is 0 Å². The predicted molar refractivity (Wildman–Crippen MR) is 109 cm³/mol. The van der Waals surface area contributed by atoms with Crippen LogP contribution in [0.3, 0.4) is 0 Å². The molecule has 4 nitrogen and oxygen atoms in total. The Balaban J connectivity index is 1.37. The first kappa shape index (κ1) is 21.5. The van der Waals surface area contributed by atoms with Crippen LogP contribution in [0.25, 0.3) is 0 Å². The SMILES string of the molecule is CC(CCC[C@@H](Cl)B1O[C@H]2[C@H]3C[C@@H](C[C@H]2O1)C3(C)C)CC(=O)OC(C)(C)C. The minimum Gasteiger partial charge on any atom is -0.460 e. The van der Waals surface area contributed by atoms with Crippen molar-refractivity contribution >= 4 is 24.7 Å². The molecule has 154 valence electrons. The van der Waals surface area contributed by atoms with Crippen LogP contribution in [0, 0.1) is 23.2 Å². The molecule has 0 aromatic rings. The summed E-state index contributed by atoms with van der Waals surface area (Å²) >= 11 is 6.62. The van der Waals surface area contributed by atoms with Gasteiger partial charge in [-0.2, -0.15) is 0 Å². The standard InChI is InChI=1S/C21H36BClO4/c1-13(10-18(24)25-20(2,3)4)8-7-9-17(23)22-26-16-12-14-11-15(19(16)27-22)21(14,5)6/h13-17,19H,7-12H2,1-6H3/t13?,14-,15+,16+,17+,19-/m0/s1. The molecule has 1 unspecified atom stereocenters. The normalized spacial score (nSPS) is 33.8. The molecular weight excluding hydrogens is 362 g/mol. The maximum absolute atomic E-state index is 11.9. The number of esters is 1. The lowest BCUT2D eigenvalue weighted by molar-refractivity contribution is -0.155. The van der Waals surface area contributed by atoms with Gasteiger partial charge in [0, 0.05) is 6.42 Å². The van der Waals surface area contributed by atoms with Gasteiger partial charge in [0.1, 0.15) is 5.60 Å². The van der Waals surface area contributed by atoms with Crippen molar-refractivity contribution in [3.63, 3.8) is 0 Å². The van der Waals surface area contributed by atoms with Gasteiger partial charge in [0.15, 0.2) is 0 Å². The summed E-state index contributed by atoms with van der Waals surface area (Å²) < 4.78 is 17.8.